The van der Waals surface area contributed by atoms with E-state index in [0.29, 0.717) is 0 Å². The molecule has 0 atom stereocenters. The monoisotopic (exact) mass is 258 g/mol. The van der Waals surface area contributed by atoms with Gasteiger partial charge in [-0.05, 0) is 42.7 Å². The zero-order chi connectivity index (χ0) is 12.5. The van der Waals surface area contributed by atoms with E-state index in [-0.39, 0.29) is 0 Å². The summed E-state index contributed by atoms with van der Waals surface area (Å²) in [5.74, 6) is 0. The van der Waals surface area contributed by atoms with Gasteiger partial charge in [-0.2, -0.15) is 0 Å². The van der Waals surface area contributed by atoms with Gasteiger partial charge in [-0.25, -0.2) is 0 Å². The van der Waals surface area contributed by atoms with Gasteiger partial charge in [-0.3, -0.25) is 0 Å². The summed E-state index contributed by atoms with van der Waals surface area (Å²) in [6.45, 7) is 4.33. The van der Waals surface area contributed by atoms with E-state index in [2.05, 4.69) is 36.1 Å². The Kier molecular flexibility index (Phi) is 3.00. The Morgan fingerprint density at radius 1 is 1.22 bits per heavy atom. The van der Waals surface area contributed by atoms with Crippen LogP contribution in [-0.2, 0) is 19.4 Å². The molecule has 2 N–H and O–H groups in total. The molecule has 1 aliphatic rings. The second-order valence-corrected chi connectivity index (χ2v) is 6.03. The smallest absolute Gasteiger partial charge is 0.0523 e. The maximum atomic E-state index is 5.89. The molecule has 3 heteroatoms. The van der Waals surface area contributed by atoms with E-state index >= 15 is 0 Å². The Hall–Kier alpha value is -1.48. The van der Waals surface area contributed by atoms with Crippen molar-refractivity contribution in [3.8, 4) is 0 Å². The van der Waals surface area contributed by atoms with Crippen LogP contribution in [0.25, 0.3) is 0 Å². The first-order chi connectivity index (χ1) is 8.76. The lowest BCUT2D eigenvalue weighted by Gasteiger charge is -2.18. The predicted molar refractivity (Wildman–Crippen MR) is 79.3 cm³/mol. The maximum absolute atomic E-state index is 5.89. The van der Waals surface area contributed by atoms with Crippen LogP contribution < -0.4 is 10.6 Å². The van der Waals surface area contributed by atoms with Gasteiger partial charge in [0.15, 0.2) is 0 Å². The average molecular weight is 258 g/mol. The summed E-state index contributed by atoms with van der Waals surface area (Å²) in [4.78, 5) is 5.36. The normalized spacial score (nSPS) is 13.9. The Morgan fingerprint density at radius 3 is 2.83 bits per heavy atom. The number of benzene rings is 1. The Balaban J connectivity index is 1.81. The zero-order valence-electron chi connectivity index (χ0n) is 10.6. The van der Waals surface area contributed by atoms with Crippen LogP contribution in [0.5, 0.6) is 0 Å². The van der Waals surface area contributed by atoms with E-state index in [9.17, 15) is 0 Å². The van der Waals surface area contributed by atoms with Crippen LogP contribution in [-0.4, -0.2) is 6.54 Å². The minimum atomic E-state index is 0.862. The molecule has 18 heavy (non-hydrogen) atoms. The summed E-state index contributed by atoms with van der Waals surface area (Å²) >= 11 is 1.93. The van der Waals surface area contributed by atoms with Crippen LogP contribution in [0.3, 0.4) is 0 Å². The van der Waals surface area contributed by atoms with Crippen LogP contribution in [0.1, 0.15) is 22.2 Å². The summed E-state index contributed by atoms with van der Waals surface area (Å²) in [6.07, 6.45) is 2.27. The molecule has 2 aromatic rings. The minimum Gasteiger partial charge on any atom is -0.399 e. The molecule has 0 aliphatic carbocycles. The molecule has 94 valence electrons. The molecule has 3 rings (SSSR count). The lowest BCUT2D eigenvalue weighted by atomic mass is 10.1. The highest BCUT2D eigenvalue weighted by Crippen LogP contribution is 2.32. The van der Waals surface area contributed by atoms with Crippen molar-refractivity contribution in [2.45, 2.75) is 26.3 Å². The number of nitrogen functional groups attached to an aromatic ring is 1. The van der Waals surface area contributed by atoms with Gasteiger partial charge < -0.3 is 10.6 Å². The quantitative estimate of drug-likeness (QED) is 0.854. The van der Waals surface area contributed by atoms with Crippen molar-refractivity contribution >= 4 is 22.7 Å². The fourth-order valence-electron chi connectivity index (χ4n) is 2.51. The molecule has 1 aromatic heterocycles. The number of hydrogen-bond donors (Lipinski definition) is 1. The minimum absolute atomic E-state index is 0.862. The van der Waals surface area contributed by atoms with Crippen molar-refractivity contribution in [1.29, 1.82) is 0 Å². The van der Waals surface area contributed by atoms with E-state index in [4.69, 9.17) is 5.73 Å². The number of fused-ring (bicyclic) bond motifs is 1. The molecule has 1 aromatic carbocycles. The molecule has 0 saturated heterocycles. The van der Waals surface area contributed by atoms with Crippen molar-refractivity contribution in [3.63, 3.8) is 0 Å². The molecule has 0 fully saturated rings. The largest absolute Gasteiger partial charge is 0.399 e. The van der Waals surface area contributed by atoms with Gasteiger partial charge in [0.2, 0.25) is 0 Å². The van der Waals surface area contributed by atoms with Gasteiger partial charge in [0.1, 0.15) is 0 Å². The molecule has 0 unspecified atom stereocenters. The first-order valence-corrected chi connectivity index (χ1v) is 7.29. The number of anilines is 2. The summed E-state index contributed by atoms with van der Waals surface area (Å²) in [5, 5.41) is 0. The topological polar surface area (TPSA) is 29.3 Å². The Labute approximate surface area is 112 Å². The van der Waals surface area contributed by atoms with Crippen LogP contribution >= 0.6 is 11.3 Å². The standard InChI is InChI=1S/C15H18N2S/c1-2-13-5-6-14(18-13)10-17-8-7-11-3-4-12(16)9-15(11)17/h3-6,9H,2,7-8,10,16H2,1H3. The SMILES string of the molecule is CCc1ccc(CN2CCc3ccc(N)cc32)s1. The van der Waals surface area contributed by atoms with Crippen molar-refractivity contribution in [2.24, 2.45) is 0 Å². The van der Waals surface area contributed by atoms with Crippen LogP contribution in [0.2, 0.25) is 0 Å². The molecular weight excluding hydrogens is 240 g/mol. The Morgan fingerprint density at radius 2 is 2.06 bits per heavy atom. The van der Waals surface area contributed by atoms with Gasteiger partial charge in [-0.1, -0.05) is 13.0 Å². The zero-order valence-corrected chi connectivity index (χ0v) is 11.5. The molecule has 0 radical (unpaired) electrons. The molecule has 0 spiro atoms. The third-order valence-electron chi connectivity index (χ3n) is 3.51. The van der Waals surface area contributed by atoms with Gasteiger partial charge in [0, 0.05) is 27.7 Å². The molecule has 1 aliphatic heterocycles. The van der Waals surface area contributed by atoms with E-state index in [0.717, 1.165) is 31.6 Å². The highest BCUT2D eigenvalue weighted by Gasteiger charge is 2.19. The molecule has 0 bridgehead atoms. The van der Waals surface area contributed by atoms with Crippen LogP contribution in [0.15, 0.2) is 30.3 Å². The summed E-state index contributed by atoms with van der Waals surface area (Å²) in [6, 6.07) is 10.8. The number of nitrogens with two attached hydrogens (primary N) is 1. The van der Waals surface area contributed by atoms with Crippen molar-refractivity contribution in [3.05, 3.63) is 45.6 Å². The lowest BCUT2D eigenvalue weighted by Crippen LogP contribution is -2.18. The summed E-state index contributed by atoms with van der Waals surface area (Å²) < 4.78 is 0. The second-order valence-electron chi connectivity index (χ2n) is 4.78. The summed E-state index contributed by atoms with van der Waals surface area (Å²) in [7, 11) is 0. The number of hydrogen-bond acceptors (Lipinski definition) is 3. The number of thiophene rings is 1. The lowest BCUT2D eigenvalue weighted by molar-refractivity contribution is 0.846. The van der Waals surface area contributed by atoms with Gasteiger partial charge in [0.25, 0.3) is 0 Å². The molecule has 0 amide bonds. The van der Waals surface area contributed by atoms with E-state index in [1.807, 2.05) is 17.4 Å². The van der Waals surface area contributed by atoms with Gasteiger partial charge >= 0.3 is 0 Å². The molecule has 0 saturated carbocycles. The Bertz CT molecular complexity index is 559. The number of nitrogens with zero attached hydrogens (tertiary/aromatic N) is 1. The first-order valence-electron chi connectivity index (χ1n) is 6.47. The summed E-state index contributed by atoms with van der Waals surface area (Å²) in [5.41, 5.74) is 9.50. The molecular formula is C15H18N2S. The van der Waals surface area contributed by atoms with Crippen molar-refractivity contribution in [2.75, 3.05) is 17.2 Å². The van der Waals surface area contributed by atoms with E-state index < -0.39 is 0 Å². The highest BCUT2D eigenvalue weighted by atomic mass is 32.1. The average Bonchev–Trinajstić information content (AvgIpc) is 2.97. The van der Waals surface area contributed by atoms with Crippen molar-refractivity contribution in [1.82, 2.24) is 0 Å². The first kappa shape index (κ1) is 11.6. The second kappa shape index (κ2) is 4.65. The van der Waals surface area contributed by atoms with E-state index in [1.165, 1.54) is 21.0 Å². The van der Waals surface area contributed by atoms with Crippen LogP contribution in [0, 0.1) is 0 Å². The van der Waals surface area contributed by atoms with Crippen molar-refractivity contribution < 1.29 is 0 Å². The fourth-order valence-corrected chi connectivity index (χ4v) is 3.49. The maximum Gasteiger partial charge on any atom is 0.0523 e. The number of aryl methyl sites for hydroxylation is 1. The van der Waals surface area contributed by atoms with Crippen LogP contribution in [0.4, 0.5) is 11.4 Å². The molecule has 2 nitrogen and oxygen atoms in total. The third kappa shape index (κ3) is 2.10. The van der Waals surface area contributed by atoms with Gasteiger partial charge in [-0.15, -0.1) is 11.3 Å². The van der Waals surface area contributed by atoms with E-state index in [1.54, 1.807) is 0 Å². The number of rotatable bonds is 3. The third-order valence-corrected chi connectivity index (χ3v) is 4.73. The highest BCUT2D eigenvalue weighted by molar-refractivity contribution is 7.12. The molecule has 2 heterocycles. The van der Waals surface area contributed by atoms with Gasteiger partial charge in [0.05, 0.1) is 6.54 Å². The fraction of sp³-hybridized carbons (Fsp3) is 0.333. The predicted octanol–water partition coefficient (Wildman–Crippen LogP) is 3.46.